The summed E-state index contributed by atoms with van der Waals surface area (Å²) < 4.78 is 41.2. The number of likely N-dealkylation sites (tertiary alicyclic amines) is 1. The van der Waals surface area contributed by atoms with Crippen LogP contribution in [-0.2, 0) is 6.54 Å². The van der Waals surface area contributed by atoms with Crippen molar-refractivity contribution < 1.29 is 17.9 Å². The molecule has 2 saturated heterocycles. The minimum Gasteiger partial charge on any atom is -0.406 e. The first kappa shape index (κ1) is 27.0. The van der Waals surface area contributed by atoms with Crippen LogP contribution >= 0.6 is 11.6 Å². The van der Waals surface area contributed by atoms with Crippen molar-refractivity contribution in [3.63, 3.8) is 0 Å². The van der Waals surface area contributed by atoms with Crippen molar-refractivity contribution in [3.05, 3.63) is 52.7 Å². The van der Waals surface area contributed by atoms with Crippen LogP contribution in [-0.4, -0.2) is 84.9 Å². The molecule has 2 aromatic rings. The smallest absolute Gasteiger partial charge is 0.406 e. The average Bonchev–Trinajstić information content (AvgIpc) is 3.44. The van der Waals surface area contributed by atoms with Gasteiger partial charge in [0.15, 0.2) is 0 Å². The second kappa shape index (κ2) is 11.7. The molecular weight excluding hydrogens is 517 g/mol. The quantitative estimate of drug-likeness (QED) is 0.546. The van der Waals surface area contributed by atoms with Gasteiger partial charge in [-0.15, -0.1) is 13.2 Å². The lowest BCUT2D eigenvalue weighted by Gasteiger charge is -2.47. The summed E-state index contributed by atoms with van der Waals surface area (Å²) in [6.07, 6.45) is 0.405. The Hall–Kier alpha value is -2.56. The van der Waals surface area contributed by atoms with E-state index in [1.165, 1.54) is 12.1 Å². The molecule has 0 bridgehead atoms. The van der Waals surface area contributed by atoms with Gasteiger partial charge in [-0.1, -0.05) is 30.7 Å². The lowest BCUT2D eigenvalue weighted by molar-refractivity contribution is -0.274. The number of halogens is 4. The van der Waals surface area contributed by atoms with Crippen LogP contribution in [0.1, 0.15) is 37.3 Å². The number of rotatable bonds is 7. The third-order valence-electron chi connectivity index (χ3n) is 7.66. The molecule has 0 spiro atoms. The van der Waals surface area contributed by atoms with E-state index in [2.05, 4.69) is 36.7 Å². The number of hydrogen-bond donors (Lipinski definition) is 1. The highest BCUT2D eigenvalue weighted by Crippen LogP contribution is 2.30. The number of piperazine rings is 1. The Morgan fingerprint density at radius 2 is 1.87 bits per heavy atom. The van der Waals surface area contributed by atoms with E-state index in [0.29, 0.717) is 17.1 Å². The van der Waals surface area contributed by atoms with Gasteiger partial charge in [-0.05, 0) is 56.1 Å². The maximum Gasteiger partial charge on any atom is 0.573 e. The van der Waals surface area contributed by atoms with Crippen LogP contribution < -0.4 is 15.0 Å². The van der Waals surface area contributed by atoms with E-state index < -0.39 is 6.36 Å². The van der Waals surface area contributed by atoms with Crippen molar-refractivity contribution >= 4 is 23.3 Å². The summed E-state index contributed by atoms with van der Waals surface area (Å²) in [7, 11) is 0. The zero-order valence-corrected chi connectivity index (χ0v) is 22.3. The first-order chi connectivity index (χ1) is 18.3. The van der Waals surface area contributed by atoms with Gasteiger partial charge >= 0.3 is 6.36 Å². The molecule has 4 heterocycles. The largest absolute Gasteiger partial charge is 0.573 e. The van der Waals surface area contributed by atoms with Gasteiger partial charge in [0.25, 0.3) is 0 Å². The molecule has 1 atom stereocenters. The van der Waals surface area contributed by atoms with E-state index in [1.807, 2.05) is 12.3 Å². The van der Waals surface area contributed by atoms with Gasteiger partial charge in [0.1, 0.15) is 17.4 Å². The Labute approximate surface area is 226 Å². The molecule has 206 valence electrons. The van der Waals surface area contributed by atoms with Gasteiger partial charge in [0.2, 0.25) is 0 Å². The number of ether oxygens (including phenoxy) is 1. The molecule has 0 unspecified atom stereocenters. The van der Waals surface area contributed by atoms with E-state index >= 15 is 0 Å². The molecule has 0 amide bonds. The van der Waals surface area contributed by atoms with Crippen LogP contribution in [0.3, 0.4) is 0 Å². The summed E-state index contributed by atoms with van der Waals surface area (Å²) in [6.45, 7) is 9.28. The van der Waals surface area contributed by atoms with Crippen LogP contribution in [0.2, 0.25) is 5.02 Å². The number of nitrogens with one attached hydrogen (secondary N) is 1. The number of piperidine rings is 1. The van der Waals surface area contributed by atoms with Crippen LogP contribution in [0, 0.1) is 0 Å². The monoisotopic (exact) mass is 550 g/mol. The molecule has 0 saturated carbocycles. The van der Waals surface area contributed by atoms with Gasteiger partial charge in [-0.3, -0.25) is 14.8 Å². The maximum absolute atomic E-state index is 12.4. The predicted octanol–water partition coefficient (Wildman–Crippen LogP) is 4.55. The summed E-state index contributed by atoms with van der Waals surface area (Å²) >= 11 is 6.67. The number of alkyl halides is 3. The lowest BCUT2D eigenvalue weighted by Crippen LogP contribution is -2.58. The SMILES string of the molecule is CC[C@H]1CN(c2ncc(C3=NCCN3)cc2Cl)CCN1C1CCN(Cc2ccc(OC(F)(F)F)cc2)CC1. The van der Waals surface area contributed by atoms with E-state index in [-0.39, 0.29) is 5.75 Å². The van der Waals surface area contributed by atoms with Crippen LogP contribution in [0.5, 0.6) is 5.75 Å². The van der Waals surface area contributed by atoms with Crippen LogP contribution in [0.15, 0.2) is 41.5 Å². The van der Waals surface area contributed by atoms with Gasteiger partial charge < -0.3 is 15.0 Å². The molecule has 38 heavy (non-hydrogen) atoms. The normalized spacial score (nSPS) is 21.9. The Bertz CT molecular complexity index is 1120. The Kier molecular flexibility index (Phi) is 8.30. The fourth-order valence-corrected chi connectivity index (χ4v) is 6.04. The summed E-state index contributed by atoms with van der Waals surface area (Å²) in [5.41, 5.74) is 1.92. The number of aromatic nitrogens is 1. The van der Waals surface area contributed by atoms with E-state index in [1.54, 1.807) is 12.1 Å². The van der Waals surface area contributed by atoms with Crippen LogP contribution in [0.25, 0.3) is 0 Å². The molecule has 2 fully saturated rings. The first-order valence-corrected chi connectivity index (χ1v) is 13.7. The second-order valence-corrected chi connectivity index (χ2v) is 10.5. The Morgan fingerprint density at radius 1 is 1.11 bits per heavy atom. The zero-order valence-electron chi connectivity index (χ0n) is 21.6. The summed E-state index contributed by atoms with van der Waals surface area (Å²) in [5.74, 6) is 1.52. The summed E-state index contributed by atoms with van der Waals surface area (Å²) in [6, 6.07) is 9.11. The number of hydrogen-bond acceptors (Lipinski definition) is 7. The molecule has 0 radical (unpaired) electrons. The Balaban J connectivity index is 1.13. The third-order valence-corrected chi connectivity index (χ3v) is 7.94. The van der Waals surface area contributed by atoms with Crippen molar-refractivity contribution in [2.24, 2.45) is 4.99 Å². The minimum atomic E-state index is -4.67. The molecule has 3 aliphatic rings. The zero-order chi connectivity index (χ0) is 26.7. The number of pyridine rings is 1. The number of nitrogens with zero attached hydrogens (tertiary/aromatic N) is 5. The van der Waals surface area contributed by atoms with E-state index in [0.717, 1.165) is 94.4 Å². The molecule has 11 heteroatoms. The van der Waals surface area contributed by atoms with Gasteiger partial charge in [-0.2, -0.15) is 0 Å². The predicted molar refractivity (Wildman–Crippen MR) is 143 cm³/mol. The van der Waals surface area contributed by atoms with Crippen molar-refractivity contribution in [1.29, 1.82) is 0 Å². The van der Waals surface area contributed by atoms with Crippen molar-refractivity contribution in [2.45, 2.75) is 51.2 Å². The van der Waals surface area contributed by atoms with Gasteiger partial charge in [-0.25, -0.2) is 4.98 Å². The lowest BCUT2D eigenvalue weighted by atomic mass is 9.98. The second-order valence-electron chi connectivity index (χ2n) is 10.1. The molecule has 1 N–H and O–H groups in total. The molecule has 1 aromatic carbocycles. The molecule has 0 aliphatic carbocycles. The van der Waals surface area contributed by atoms with Crippen molar-refractivity contribution in [1.82, 2.24) is 20.1 Å². The highest BCUT2D eigenvalue weighted by atomic mass is 35.5. The standard InChI is InChI=1S/C27H34ClF3N6O/c1-2-21-18-36(26-24(28)15-20(16-34-26)25-32-9-10-33-25)13-14-37(21)22-7-11-35(12-8-22)17-19-3-5-23(6-4-19)38-27(29,30)31/h3-6,15-16,21-22H,2,7-14,17-18H2,1H3,(H,32,33)/t21-/m0/s1. The minimum absolute atomic E-state index is 0.183. The first-order valence-electron chi connectivity index (χ1n) is 13.3. The number of amidine groups is 1. The fourth-order valence-electron chi connectivity index (χ4n) is 5.75. The molecule has 3 aliphatic heterocycles. The highest BCUT2D eigenvalue weighted by molar-refractivity contribution is 6.33. The Morgan fingerprint density at radius 3 is 2.50 bits per heavy atom. The van der Waals surface area contributed by atoms with E-state index in [4.69, 9.17) is 16.6 Å². The molecule has 5 rings (SSSR count). The maximum atomic E-state index is 12.4. The number of aliphatic imine (C=N–C) groups is 1. The summed E-state index contributed by atoms with van der Waals surface area (Å²) in [4.78, 5) is 16.5. The topological polar surface area (TPSA) is 56.2 Å². The number of benzene rings is 1. The molecular formula is C27H34ClF3N6O. The van der Waals surface area contributed by atoms with Gasteiger partial charge in [0.05, 0.1) is 11.6 Å². The van der Waals surface area contributed by atoms with Crippen molar-refractivity contribution in [2.75, 3.05) is 50.7 Å². The fraction of sp³-hybridized carbons (Fsp3) is 0.556. The van der Waals surface area contributed by atoms with E-state index in [9.17, 15) is 13.2 Å². The molecule has 7 nitrogen and oxygen atoms in total. The van der Waals surface area contributed by atoms with Crippen LogP contribution in [0.4, 0.5) is 19.0 Å². The van der Waals surface area contributed by atoms with Crippen molar-refractivity contribution in [3.8, 4) is 5.75 Å². The average molecular weight is 551 g/mol. The molecule has 1 aromatic heterocycles. The number of anilines is 1. The third kappa shape index (κ3) is 6.52. The summed E-state index contributed by atoms with van der Waals surface area (Å²) in [5, 5.41) is 3.93. The highest BCUT2D eigenvalue weighted by Gasteiger charge is 2.34. The van der Waals surface area contributed by atoms with Gasteiger partial charge in [0, 0.05) is 56.6 Å².